The first kappa shape index (κ1) is 18.0. The van der Waals surface area contributed by atoms with Crippen LogP contribution >= 0.6 is 0 Å². The van der Waals surface area contributed by atoms with Crippen LogP contribution in [-0.4, -0.2) is 41.6 Å². The van der Waals surface area contributed by atoms with Crippen molar-refractivity contribution < 1.29 is 19.4 Å². The molecule has 3 rings (SSSR count). The predicted octanol–water partition coefficient (Wildman–Crippen LogP) is 3.56. The van der Waals surface area contributed by atoms with Gasteiger partial charge in [0.15, 0.2) is 6.61 Å². The fraction of sp³-hybridized carbons (Fsp3) is 0.333. The molecule has 1 saturated heterocycles. The number of carboxylic acid groups (broad SMARTS) is 1. The van der Waals surface area contributed by atoms with Gasteiger partial charge in [0.1, 0.15) is 5.75 Å². The summed E-state index contributed by atoms with van der Waals surface area (Å²) >= 11 is 0. The van der Waals surface area contributed by atoms with Crippen molar-refractivity contribution in [3.05, 3.63) is 65.7 Å². The minimum atomic E-state index is -1.04. The summed E-state index contributed by atoms with van der Waals surface area (Å²) in [7, 11) is 0. The molecule has 26 heavy (non-hydrogen) atoms. The number of carbonyl (C=O) groups is 2. The highest BCUT2D eigenvalue weighted by Crippen LogP contribution is 2.28. The first-order chi connectivity index (χ1) is 12.6. The normalized spacial score (nSPS) is 17.4. The van der Waals surface area contributed by atoms with Gasteiger partial charge in [-0.1, -0.05) is 36.4 Å². The smallest absolute Gasteiger partial charge is 0.341 e. The monoisotopic (exact) mass is 353 g/mol. The van der Waals surface area contributed by atoms with Crippen molar-refractivity contribution in [3.63, 3.8) is 0 Å². The molecule has 0 spiro atoms. The van der Waals surface area contributed by atoms with Gasteiger partial charge in [-0.3, -0.25) is 4.79 Å². The van der Waals surface area contributed by atoms with Gasteiger partial charge in [-0.25, -0.2) is 4.79 Å². The summed E-state index contributed by atoms with van der Waals surface area (Å²) in [6.45, 7) is 1.04. The second-order valence-electron chi connectivity index (χ2n) is 6.54. The first-order valence-electron chi connectivity index (χ1n) is 8.92. The van der Waals surface area contributed by atoms with E-state index >= 15 is 0 Å². The maximum Gasteiger partial charge on any atom is 0.341 e. The van der Waals surface area contributed by atoms with Gasteiger partial charge in [0.25, 0.3) is 5.91 Å². The highest BCUT2D eigenvalue weighted by Gasteiger charge is 2.22. The van der Waals surface area contributed by atoms with Crippen LogP contribution in [0.1, 0.15) is 41.1 Å². The van der Waals surface area contributed by atoms with Gasteiger partial charge < -0.3 is 14.7 Å². The van der Waals surface area contributed by atoms with E-state index in [1.807, 2.05) is 11.0 Å². The van der Waals surface area contributed by atoms with Gasteiger partial charge >= 0.3 is 5.97 Å². The van der Waals surface area contributed by atoms with Gasteiger partial charge in [-0.2, -0.15) is 0 Å². The summed E-state index contributed by atoms with van der Waals surface area (Å²) in [5.74, 6) is -0.185. The van der Waals surface area contributed by atoms with E-state index in [1.54, 1.807) is 24.3 Å². The maximum atomic E-state index is 12.8. The van der Waals surface area contributed by atoms with E-state index in [1.165, 1.54) is 5.56 Å². The van der Waals surface area contributed by atoms with Crippen LogP contribution in [0.4, 0.5) is 0 Å². The third-order valence-electron chi connectivity index (χ3n) is 4.73. The van der Waals surface area contributed by atoms with Crippen LogP contribution in [0, 0.1) is 0 Å². The van der Waals surface area contributed by atoms with E-state index < -0.39 is 12.6 Å². The number of nitrogens with zero attached hydrogens (tertiary/aromatic N) is 1. The molecule has 5 heteroatoms. The minimum Gasteiger partial charge on any atom is -0.482 e. The second-order valence-corrected chi connectivity index (χ2v) is 6.54. The maximum absolute atomic E-state index is 12.8. The molecule has 1 atom stereocenters. The van der Waals surface area contributed by atoms with Crippen molar-refractivity contribution in [1.29, 1.82) is 0 Å². The van der Waals surface area contributed by atoms with Crippen molar-refractivity contribution in [2.45, 2.75) is 25.2 Å². The molecule has 136 valence electrons. The van der Waals surface area contributed by atoms with E-state index in [0.29, 0.717) is 17.2 Å². The van der Waals surface area contributed by atoms with Gasteiger partial charge in [-0.05, 0) is 48.9 Å². The molecule has 1 fully saturated rings. The SMILES string of the molecule is O=C(O)COc1cccc(C(=O)N2CCCC(c3ccccc3)CC2)c1. The molecule has 0 bridgehead atoms. The van der Waals surface area contributed by atoms with Crippen molar-refractivity contribution in [3.8, 4) is 5.75 Å². The van der Waals surface area contributed by atoms with E-state index in [9.17, 15) is 9.59 Å². The lowest BCUT2D eigenvalue weighted by Gasteiger charge is -2.21. The third kappa shape index (κ3) is 4.63. The van der Waals surface area contributed by atoms with Gasteiger partial charge in [0.05, 0.1) is 0 Å². The number of carboxylic acids is 1. The zero-order chi connectivity index (χ0) is 18.4. The largest absolute Gasteiger partial charge is 0.482 e. The van der Waals surface area contributed by atoms with Crippen LogP contribution in [0.2, 0.25) is 0 Å². The molecule has 2 aromatic carbocycles. The molecule has 0 aromatic heterocycles. The Morgan fingerprint density at radius 3 is 2.62 bits per heavy atom. The van der Waals surface area contributed by atoms with E-state index in [2.05, 4.69) is 24.3 Å². The lowest BCUT2D eigenvalue weighted by atomic mass is 9.92. The molecule has 0 saturated carbocycles. The summed E-state index contributed by atoms with van der Waals surface area (Å²) in [5, 5.41) is 8.71. The molecule has 1 aliphatic heterocycles. The summed E-state index contributed by atoms with van der Waals surface area (Å²) in [5.41, 5.74) is 1.87. The number of rotatable bonds is 5. The van der Waals surface area contributed by atoms with Crippen LogP contribution in [0.3, 0.4) is 0 Å². The topological polar surface area (TPSA) is 66.8 Å². The molecule has 0 radical (unpaired) electrons. The summed E-state index contributed by atoms with van der Waals surface area (Å²) in [4.78, 5) is 25.4. The fourth-order valence-corrected chi connectivity index (χ4v) is 3.40. The van der Waals surface area contributed by atoms with Crippen molar-refractivity contribution in [2.24, 2.45) is 0 Å². The molecule has 0 aliphatic carbocycles. The van der Waals surface area contributed by atoms with Crippen LogP contribution in [0.5, 0.6) is 5.75 Å². The summed E-state index contributed by atoms with van der Waals surface area (Å²) < 4.78 is 5.17. The molecule has 1 heterocycles. The molecule has 5 nitrogen and oxygen atoms in total. The molecular formula is C21H23NO4. The van der Waals surface area contributed by atoms with Crippen LogP contribution in [0.25, 0.3) is 0 Å². The molecule has 1 aliphatic rings. The number of ether oxygens (including phenoxy) is 1. The zero-order valence-electron chi connectivity index (χ0n) is 14.6. The zero-order valence-corrected chi connectivity index (χ0v) is 14.6. The van der Waals surface area contributed by atoms with Crippen LogP contribution in [-0.2, 0) is 4.79 Å². The Kier molecular flexibility index (Phi) is 5.89. The minimum absolute atomic E-state index is 0.0283. The van der Waals surface area contributed by atoms with Crippen LogP contribution < -0.4 is 4.74 Å². The lowest BCUT2D eigenvalue weighted by Crippen LogP contribution is -2.32. The predicted molar refractivity (Wildman–Crippen MR) is 98.5 cm³/mol. The van der Waals surface area contributed by atoms with Crippen molar-refractivity contribution in [1.82, 2.24) is 4.90 Å². The Balaban J connectivity index is 1.65. The molecule has 1 amide bonds. The number of hydrogen-bond donors (Lipinski definition) is 1. The van der Waals surface area contributed by atoms with E-state index in [4.69, 9.17) is 9.84 Å². The summed E-state index contributed by atoms with van der Waals surface area (Å²) in [6, 6.07) is 17.2. The Hall–Kier alpha value is -2.82. The quantitative estimate of drug-likeness (QED) is 0.892. The number of carbonyl (C=O) groups excluding carboxylic acids is 1. The Labute approximate surface area is 153 Å². The molecule has 2 aromatic rings. The number of amides is 1. The Morgan fingerprint density at radius 1 is 1.04 bits per heavy atom. The van der Waals surface area contributed by atoms with E-state index in [-0.39, 0.29) is 5.91 Å². The molecule has 1 N–H and O–H groups in total. The van der Waals surface area contributed by atoms with Gasteiger partial charge in [-0.15, -0.1) is 0 Å². The van der Waals surface area contributed by atoms with E-state index in [0.717, 1.165) is 32.4 Å². The highest BCUT2D eigenvalue weighted by atomic mass is 16.5. The average Bonchev–Trinajstić information content (AvgIpc) is 2.93. The number of benzene rings is 2. The van der Waals surface area contributed by atoms with Crippen LogP contribution in [0.15, 0.2) is 54.6 Å². The molecular weight excluding hydrogens is 330 g/mol. The van der Waals surface area contributed by atoms with Crippen molar-refractivity contribution in [2.75, 3.05) is 19.7 Å². The summed E-state index contributed by atoms with van der Waals surface area (Å²) in [6.07, 6.45) is 3.00. The highest BCUT2D eigenvalue weighted by molar-refractivity contribution is 5.94. The van der Waals surface area contributed by atoms with Crippen molar-refractivity contribution >= 4 is 11.9 Å². The Bertz CT molecular complexity index is 760. The Morgan fingerprint density at radius 2 is 1.85 bits per heavy atom. The average molecular weight is 353 g/mol. The lowest BCUT2D eigenvalue weighted by molar-refractivity contribution is -0.139. The number of aliphatic carboxylic acids is 1. The molecule has 1 unspecified atom stereocenters. The fourth-order valence-electron chi connectivity index (χ4n) is 3.40. The van der Waals surface area contributed by atoms with Gasteiger partial charge in [0, 0.05) is 18.7 Å². The third-order valence-corrected chi connectivity index (χ3v) is 4.73. The van der Waals surface area contributed by atoms with Gasteiger partial charge in [0.2, 0.25) is 0 Å². The number of hydrogen-bond acceptors (Lipinski definition) is 3. The first-order valence-corrected chi connectivity index (χ1v) is 8.92. The second kappa shape index (κ2) is 8.52. The number of likely N-dealkylation sites (tertiary alicyclic amines) is 1. The standard InChI is InChI=1S/C21H23NO4/c23-20(24)15-26-19-10-4-8-18(14-19)21(25)22-12-5-9-17(11-13-22)16-6-2-1-3-7-16/h1-4,6-8,10,14,17H,5,9,11-13,15H2,(H,23,24).